The summed E-state index contributed by atoms with van der Waals surface area (Å²) in [6.45, 7) is 3.67. The van der Waals surface area contributed by atoms with Crippen LogP contribution in [0.4, 0.5) is 0 Å². The minimum atomic E-state index is -0.480. The molecule has 3 nitrogen and oxygen atoms in total. The normalized spacial score (nSPS) is 9.85. The minimum absolute atomic E-state index is 0.0548. The molecule has 0 aliphatic rings. The molecule has 0 saturated heterocycles. The molecule has 100 valence electrons. The molecule has 0 spiro atoms. The van der Waals surface area contributed by atoms with Crippen LogP contribution >= 0.6 is 0 Å². The number of rotatable bonds is 4. The zero-order valence-corrected chi connectivity index (χ0v) is 11.1. The SMILES string of the molecule is C=C(C(=O)OC)c1ccc(C(=O)c2ccccc2)cc1. The van der Waals surface area contributed by atoms with Crippen LogP contribution in [0.2, 0.25) is 0 Å². The monoisotopic (exact) mass is 266 g/mol. The van der Waals surface area contributed by atoms with Gasteiger partial charge in [0.2, 0.25) is 0 Å². The van der Waals surface area contributed by atoms with Gasteiger partial charge in [-0.05, 0) is 5.56 Å². The van der Waals surface area contributed by atoms with E-state index in [4.69, 9.17) is 0 Å². The molecule has 3 heteroatoms. The van der Waals surface area contributed by atoms with Gasteiger partial charge in [0.25, 0.3) is 0 Å². The number of benzene rings is 2. The largest absolute Gasteiger partial charge is 0.465 e. The number of methoxy groups -OCH3 is 1. The molecule has 20 heavy (non-hydrogen) atoms. The van der Waals surface area contributed by atoms with Gasteiger partial charge in [-0.1, -0.05) is 61.2 Å². The second-order valence-electron chi connectivity index (χ2n) is 4.24. The summed E-state index contributed by atoms with van der Waals surface area (Å²) in [6, 6.07) is 15.8. The van der Waals surface area contributed by atoms with E-state index in [1.807, 2.05) is 18.2 Å². The average Bonchev–Trinajstić information content (AvgIpc) is 2.53. The Morgan fingerprint density at radius 3 is 1.90 bits per heavy atom. The predicted molar refractivity (Wildman–Crippen MR) is 77.4 cm³/mol. The molecule has 2 aromatic rings. The van der Waals surface area contributed by atoms with Gasteiger partial charge in [0.1, 0.15) is 0 Å². The molecule has 0 amide bonds. The third-order valence-electron chi connectivity index (χ3n) is 2.96. The van der Waals surface area contributed by atoms with Gasteiger partial charge in [-0.3, -0.25) is 4.79 Å². The van der Waals surface area contributed by atoms with Crippen molar-refractivity contribution >= 4 is 17.3 Å². The number of ether oxygens (including phenoxy) is 1. The van der Waals surface area contributed by atoms with Crippen molar-refractivity contribution < 1.29 is 14.3 Å². The van der Waals surface area contributed by atoms with Crippen molar-refractivity contribution in [2.45, 2.75) is 0 Å². The zero-order valence-electron chi connectivity index (χ0n) is 11.1. The standard InChI is InChI=1S/C17H14O3/c1-12(17(19)20-2)13-8-10-15(11-9-13)16(18)14-6-4-3-5-7-14/h3-11H,1H2,2H3. The topological polar surface area (TPSA) is 43.4 Å². The van der Waals surface area contributed by atoms with Crippen LogP contribution in [0.25, 0.3) is 5.57 Å². The van der Waals surface area contributed by atoms with Crippen LogP contribution in [0.5, 0.6) is 0 Å². The molecule has 0 N–H and O–H groups in total. The van der Waals surface area contributed by atoms with Crippen LogP contribution in [0, 0.1) is 0 Å². The summed E-state index contributed by atoms with van der Waals surface area (Å²) in [5.74, 6) is -0.534. The quantitative estimate of drug-likeness (QED) is 0.485. The molecular formula is C17H14O3. The van der Waals surface area contributed by atoms with Crippen molar-refractivity contribution in [3.8, 4) is 0 Å². The van der Waals surface area contributed by atoms with Gasteiger partial charge in [0.05, 0.1) is 12.7 Å². The van der Waals surface area contributed by atoms with Crippen LogP contribution in [-0.2, 0) is 9.53 Å². The van der Waals surface area contributed by atoms with Crippen molar-refractivity contribution in [1.82, 2.24) is 0 Å². The molecule has 2 rings (SSSR count). The van der Waals surface area contributed by atoms with Gasteiger partial charge in [0.15, 0.2) is 5.78 Å². The maximum absolute atomic E-state index is 12.2. The molecule has 2 aromatic carbocycles. The highest BCUT2D eigenvalue weighted by molar-refractivity contribution is 6.16. The van der Waals surface area contributed by atoms with E-state index >= 15 is 0 Å². The number of carbonyl (C=O) groups excluding carboxylic acids is 2. The van der Waals surface area contributed by atoms with Gasteiger partial charge in [-0.25, -0.2) is 4.79 Å². The first kappa shape index (κ1) is 13.7. The van der Waals surface area contributed by atoms with E-state index in [-0.39, 0.29) is 11.4 Å². The Bertz CT molecular complexity index is 640. The first-order valence-corrected chi connectivity index (χ1v) is 6.11. The Balaban J connectivity index is 2.23. The van der Waals surface area contributed by atoms with E-state index in [1.54, 1.807) is 36.4 Å². The molecule has 0 aromatic heterocycles. The Morgan fingerprint density at radius 1 is 0.850 bits per heavy atom. The Kier molecular flexibility index (Phi) is 4.11. The van der Waals surface area contributed by atoms with E-state index in [9.17, 15) is 9.59 Å². The summed E-state index contributed by atoms with van der Waals surface area (Å²) in [5.41, 5.74) is 2.11. The van der Waals surface area contributed by atoms with E-state index < -0.39 is 5.97 Å². The van der Waals surface area contributed by atoms with Crippen LogP contribution < -0.4 is 0 Å². The van der Waals surface area contributed by atoms with Crippen molar-refractivity contribution in [2.75, 3.05) is 7.11 Å². The molecule has 0 atom stereocenters. The number of esters is 1. The van der Waals surface area contributed by atoms with Crippen LogP contribution in [0.3, 0.4) is 0 Å². The summed E-state index contributed by atoms with van der Waals surface area (Å²) in [4.78, 5) is 23.6. The lowest BCUT2D eigenvalue weighted by Gasteiger charge is -2.05. The van der Waals surface area contributed by atoms with Gasteiger partial charge < -0.3 is 4.74 Å². The number of ketones is 1. The van der Waals surface area contributed by atoms with Crippen molar-refractivity contribution in [3.05, 3.63) is 77.9 Å². The minimum Gasteiger partial charge on any atom is -0.465 e. The lowest BCUT2D eigenvalue weighted by atomic mass is 10.00. The summed E-state index contributed by atoms with van der Waals surface area (Å²) in [7, 11) is 1.31. The predicted octanol–water partition coefficient (Wildman–Crippen LogP) is 3.10. The number of carbonyl (C=O) groups is 2. The first-order valence-electron chi connectivity index (χ1n) is 6.11. The molecule has 0 heterocycles. The summed E-state index contributed by atoms with van der Waals surface area (Å²) < 4.78 is 4.61. The van der Waals surface area contributed by atoms with Gasteiger partial charge in [0, 0.05) is 11.1 Å². The second-order valence-corrected chi connectivity index (χ2v) is 4.24. The summed E-state index contributed by atoms with van der Waals surface area (Å²) >= 11 is 0. The smallest absolute Gasteiger partial charge is 0.337 e. The fraction of sp³-hybridized carbons (Fsp3) is 0.0588. The Morgan fingerprint density at radius 2 is 1.35 bits per heavy atom. The summed E-state index contributed by atoms with van der Waals surface area (Å²) in [5, 5.41) is 0. The molecule has 0 bridgehead atoms. The van der Waals surface area contributed by atoms with Crippen LogP contribution in [-0.4, -0.2) is 18.9 Å². The zero-order chi connectivity index (χ0) is 14.5. The van der Waals surface area contributed by atoms with Crippen LogP contribution in [0.15, 0.2) is 61.2 Å². The van der Waals surface area contributed by atoms with Crippen molar-refractivity contribution in [1.29, 1.82) is 0 Å². The lowest BCUT2D eigenvalue weighted by Crippen LogP contribution is -2.04. The Labute approximate surface area is 117 Å². The Hall–Kier alpha value is -2.68. The number of hydrogen-bond donors (Lipinski definition) is 0. The van der Waals surface area contributed by atoms with E-state index in [2.05, 4.69) is 11.3 Å². The molecule has 0 saturated carbocycles. The molecule has 0 fully saturated rings. The first-order chi connectivity index (χ1) is 9.63. The molecule has 0 aliphatic heterocycles. The van der Waals surface area contributed by atoms with Crippen LogP contribution in [0.1, 0.15) is 21.5 Å². The average molecular weight is 266 g/mol. The maximum Gasteiger partial charge on any atom is 0.337 e. The van der Waals surface area contributed by atoms with E-state index in [0.717, 1.165) is 0 Å². The van der Waals surface area contributed by atoms with Crippen molar-refractivity contribution in [3.63, 3.8) is 0 Å². The molecule has 0 radical (unpaired) electrons. The molecule has 0 unspecified atom stereocenters. The van der Waals surface area contributed by atoms with E-state index in [0.29, 0.717) is 16.7 Å². The number of hydrogen-bond acceptors (Lipinski definition) is 3. The van der Waals surface area contributed by atoms with Gasteiger partial charge in [-0.2, -0.15) is 0 Å². The fourth-order valence-electron chi connectivity index (χ4n) is 1.82. The summed E-state index contributed by atoms with van der Waals surface area (Å²) in [6.07, 6.45) is 0. The van der Waals surface area contributed by atoms with Crippen molar-refractivity contribution in [2.24, 2.45) is 0 Å². The molecular weight excluding hydrogens is 252 g/mol. The highest BCUT2D eigenvalue weighted by atomic mass is 16.5. The third-order valence-corrected chi connectivity index (χ3v) is 2.96. The van der Waals surface area contributed by atoms with E-state index in [1.165, 1.54) is 7.11 Å². The van der Waals surface area contributed by atoms with Gasteiger partial charge >= 0.3 is 5.97 Å². The highest BCUT2D eigenvalue weighted by Crippen LogP contribution is 2.16. The molecule has 0 aliphatic carbocycles. The maximum atomic E-state index is 12.2. The second kappa shape index (κ2) is 5.97. The fourth-order valence-corrected chi connectivity index (χ4v) is 1.82. The third kappa shape index (κ3) is 2.83. The van der Waals surface area contributed by atoms with Gasteiger partial charge in [-0.15, -0.1) is 0 Å². The lowest BCUT2D eigenvalue weighted by molar-refractivity contribution is -0.133. The highest BCUT2D eigenvalue weighted by Gasteiger charge is 2.12.